The maximum Gasteiger partial charge on any atom is 0.339 e. The van der Waals surface area contributed by atoms with Crippen LogP contribution in [-0.4, -0.2) is 46.5 Å². The number of benzene rings is 2. The van der Waals surface area contributed by atoms with E-state index in [9.17, 15) is 29.3 Å². The van der Waals surface area contributed by atoms with E-state index >= 15 is 0 Å². The van der Waals surface area contributed by atoms with Crippen molar-refractivity contribution in [3.63, 3.8) is 0 Å². The highest BCUT2D eigenvalue weighted by Crippen LogP contribution is 2.35. The number of rotatable bonds is 7. The van der Waals surface area contributed by atoms with Crippen molar-refractivity contribution in [1.29, 1.82) is 0 Å². The molecule has 0 saturated carbocycles. The first-order valence-electron chi connectivity index (χ1n) is 10.4. The molecule has 0 aliphatic carbocycles. The standard InChI is InChI=1S/C24H16ClN3O8S/c1-35-23(31)16-10-13(6-8-17(16)25)26-21(29)12-27-22(30)20(37-24(27)32)11-14-7-9-19(36-14)15-4-2-3-5-18(15)28(33)34/h2-11H,12H2,1H3,(H,26,29)/b20-11+. The summed E-state index contributed by atoms with van der Waals surface area (Å²) in [5.74, 6) is -1.68. The first-order chi connectivity index (χ1) is 17.7. The van der Waals surface area contributed by atoms with E-state index in [0.717, 1.165) is 4.90 Å². The summed E-state index contributed by atoms with van der Waals surface area (Å²) in [4.78, 5) is 61.0. The summed E-state index contributed by atoms with van der Waals surface area (Å²) in [6, 6.07) is 13.2. The number of carbonyl (C=O) groups is 4. The zero-order chi connectivity index (χ0) is 26.7. The van der Waals surface area contributed by atoms with Crippen molar-refractivity contribution in [3.05, 3.63) is 86.0 Å². The average Bonchev–Trinajstić information content (AvgIpc) is 3.44. The van der Waals surface area contributed by atoms with Crippen molar-refractivity contribution >= 4 is 63.8 Å². The van der Waals surface area contributed by atoms with Crippen LogP contribution in [0.25, 0.3) is 17.4 Å². The number of hydrogen-bond acceptors (Lipinski definition) is 9. The second-order valence-corrected chi connectivity index (χ2v) is 8.88. The van der Waals surface area contributed by atoms with Gasteiger partial charge in [-0.05, 0) is 48.2 Å². The third kappa shape index (κ3) is 5.55. The third-order valence-electron chi connectivity index (χ3n) is 5.10. The van der Waals surface area contributed by atoms with Gasteiger partial charge in [0.05, 0.1) is 33.1 Å². The molecule has 0 radical (unpaired) electrons. The number of para-hydroxylation sites is 1. The molecule has 3 aromatic rings. The summed E-state index contributed by atoms with van der Waals surface area (Å²) >= 11 is 6.59. The van der Waals surface area contributed by atoms with Crippen molar-refractivity contribution in [1.82, 2.24) is 4.90 Å². The van der Waals surface area contributed by atoms with E-state index in [1.807, 2.05) is 0 Å². The van der Waals surface area contributed by atoms with E-state index < -0.39 is 34.5 Å². The third-order valence-corrected chi connectivity index (χ3v) is 6.33. The van der Waals surface area contributed by atoms with Crippen LogP contribution < -0.4 is 5.32 Å². The van der Waals surface area contributed by atoms with Crippen molar-refractivity contribution in [2.45, 2.75) is 0 Å². The number of nitrogens with one attached hydrogen (secondary N) is 1. The Hall–Kier alpha value is -4.42. The molecular formula is C24H16ClN3O8S. The fraction of sp³-hybridized carbons (Fsp3) is 0.0833. The molecule has 0 atom stereocenters. The summed E-state index contributed by atoms with van der Waals surface area (Å²) in [6.45, 7) is -0.572. The maximum absolute atomic E-state index is 12.8. The summed E-state index contributed by atoms with van der Waals surface area (Å²) in [5.41, 5.74) is 0.369. The molecule has 13 heteroatoms. The fourth-order valence-corrected chi connectivity index (χ4v) is 4.41. The monoisotopic (exact) mass is 541 g/mol. The van der Waals surface area contributed by atoms with Crippen LogP contribution in [0.15, 0.2) is 63.9 Å². The first-order valence-corrected chi connectivity index (χ1v) is 11.6. The van der Waals surface area contributed by atoms with Gasteiger partial charge >= 0.3 is 5.97 Å². The molecule has 1 aromatic heterocycles. The minimum atomic E-state index is -0.708. The van der Waals surface area contributed by atoms with Crippen molar-refractivity contribution in [2.24, 2.45) is 0 Å². The van der Waals surface area contributed by atoms with Crippen LogP contribution in [0.3, 0.4) is 0 Å². The number of furan rings is 1. The van der Waals surface area contributed by atoms with Crippen molar-refractivity contribution in [2.75, 3.05) is 19.0 Å². The Morgan fingerprint density at radius 3 is 2.68 bits per heavy atom. The van der Waals surface area contributed by atoms with E-state index in [4.69, 9.17) is 16.0 Å². The van der Waals surface area contributed by atoms with Crippen molar-refractivity contribution < 1.29 is 33.3 Å². The highest BCUT2D eigenvalue weighted by atomic mass is 35.5. The molecule has 0 spiro atoms. The Labute approximate surface area is 218 Å². The molecule has 2 heterocycles. The Morgan fingerprint density at radius 1 is 1.19 bits per heavy atom. The van der Waals surface area contributed by atoms with Gasteiger partial charge in [0.25, 0.3) is 16.8 Å². The molecule has 1 saturated heterocycles. The molecule has 188 valence electrons. The molecule has 0 unspecified atom stereocenters. The normalized spacial score (nSPS) is 14.2. The topological polar surface area (TPSA) is 149 Å². The molecule has 11 nitrogen and oxygen atoms in total. The Kier molecular flexibility index (Phi) is 7.41. The minimum Gasteiger partial charge on any atom is -0.465 e. The van der Waals surface area contributed by atoms with Crippen LogP contribution in [0.1, 0.15) is 16.1 Å². The summed E-state index contributed by atoms with van der Waals surface area (Å²) in [6.07, 6.45) is 1.32. The van der Waals surface area contributed by atoms with Crippen LogP contribution in [0.4, 0.5) is 16.2 Å². The number of amides is 3. The Balaban J connectivity index is 1.47. The van der Waals surface area contributed by atoms with E-state index in [2.05, 4.69) is 10.1 Å². The van der Waals surface area contributed by atoms with E-state index in [-0.39, 0.29) is 43.9 Å². The van der Waals surface area contributed by atoms with Crippen LogP contribution in [0.5, 0.6) is 0 Å². The maximum atomic E-state index is 12.8. The quantitative estimate of drug-likeness (QED) is 0.189. The molecule has 1 aliphatic heterocycles. The first kappa shape index (κ1) is 25.7. The molecule has 0 bridgehead atoms. The lowest BCUT2D eigenvalue weighted by Crippen LogP contribution is -2.36. The number of thioether (sulfide) groups is 1. The SMILES string of the molecule is COC(=O)c1cc(NC(=O)CN2C(=O)S/C(=C/c3ccc(-c4ccccc4[N+](=O)[O-])o3)C2=O)ccc1Cl. The Morgan fingerprint density at radius 2 is 1.95 bits per heavy atom. The van der Waals surface area contributed by atoms with Gasteiger partial charge in [-0.25, -0.2) is 4.79 Å². The number of imide groups is 1. The smallest absolute Gasteiger partial charge is 0.339 e. The molecule has 4 rings (SSSR count). The van der Waals surface area contributed by atoms with Gasteiger partial charge < -0.3 is 14.5 Å². The predicted molar refractivity (Wildman–Crippen MR) is 135 cm³/mol. The second kappa shape index (κ2) is 10.7. The zero-order valence-corrected chi connectivity index (χ0v) is 20.5. The number of nitro groups is 1. The van der Waals surface area contributed by atoms with Crippen LogP contribution in [0, 0.1) is 10.1 Å². The van der Waals surface area contributed by atoms with Gasteiger partial charge in [-0.3, -0.25) is 29.4 Å². The predicted octanol–water partition coefficient (Wildman–Crippen LogP) is 4.97. The van der Waals surface area contributed by atoms with Gasteiger partial charge in [0.15, 0.2) is 0 Å². The number of halogens is 1. The molecule has 1 aliphatic rings. The van der Waals surface area contributed by atoms with Gasteiger partial charge in [0.2, 0.25) is 5.91 Å². The molecule has 37 heavy (non-hydrogen) atoms. The Bertz CT molecular complexity index is 1480. The lowest BCUT2D eigenvalue weighted by atomic mass is 10.1. The number of esters is 1. The molecule has 2 aromatic carbocycles. The zero-order valence-electron chi connectivity index (χ0n) is 18.9. The molecular weight excluding hydrogens is 526 g/mol. The summed E-state index contributed by atoms with van der Waals surface area (Å²) in [5, 5.41) is 13.2. The van der Waals surface area contributed by atoms with Crippen molar-refractivity contribution in [3.8, 4) is 11.3 Å². The lowest BCUT2D eigenvalue weighted by Gasteiger charge is -2.13. The number of carbonyl (C=O) groups excluding carboxylic acids is 4. The highest BCUT2D eigenvalue weighted by Gasteiger charge is 2.36. The number of methoxy groups -OCH3 is 1. The number of hydrogen-bond donors (Lipinski definition) is 1. The lowest BCUT2D eigenvalue weighted by molar-refractivity contribution is -0.384. The number of anilines is 1. The largest absolute Gasteiger partial charge is 0.465 e. The van der Waals surface area contributed by atoms with Gasteiger partial charge in [-0.2, -0.15) is 0 Å². The summed E-state index contributed by atoms with van der Waals surface area (Å²) < 4.78 is 10.3. The van der Waals surface area contributed by atoms with Crippen LogP contribution in [0.2, 0.25) is 5.02 Å². The van der Waals surface area contributed by atoms with Gasteiger partial charge in [0.1, 0.15) is 18.1 Å². The molecule has 3 amide bonds. The van der Waals surface area contributed by atoms with Crippen LogP contribution >= 0.6 is 23.4 Å². The number of nitrogens with zero attached hydrogens (tertiary/aromatic N) is 2. The highest BCUT2D eigenvalue weighted by molar-refractivity contribution is 8.18. The number of ether oxygens (including phenoxy) is 1. The molecule has 1 N–H and O–H groups in total. The van der Waals surface area contributed by atoms with Crippen LogP contribution in [-0.2, 0) is 14.3 Å². The van der Waals surface area contributed by atoms with Gasteiger partial charge in [-0.15, -0.1) is 0 Å². The average molecular weight is 542 g/mol. The summed E-state index contributed by atoms with van der Waals surface area (Å²) in [7, 11) is 1.19. The molecule has 1 fully saturated rings. The van der Waals surface area contributed by atoms with E-state index in [1.54, 1.807) is 6.07 Å². The second-order valence-electron chi connectivity index (χ2n) is 7.48. The fourth-order valence-electron chi connectivity index (χ4n) is 3.40. The van der Waals surface area contributed by atoms with E-state index in [1.165, 1.54) is 61.7 Å². The van der Waals surface area contributed by atoms with Gasteiger partial charge in [0, 0.05) is 17.8 Å². The minimum absolute atomic E-state index is 0.0146. The van der Waals surface area contributed by atoms with E-state index in [0.29, 0.717) is 11.8 Å². The van der Waals surface area contributed by atoms with Gasteiger partial charge in [-0.1, -0.05) is 23.7 Å². The number of nitro benzene ring substituents is 1.